The molecule has 0 aliphatic carbocycles. The van der Waals surface area contributed by atoms with Crippen LogP contribution in [0.15, 0.2) is 0 Å². The Morgan fingerprint density at radius 2 is 0.955 bits per heavy atom. The molecule has 2 nitrogen and oxygen atoms in total. The van der Waals surface area contributed by atoms with Crippen LogP contribution in [0.25, 0.3) is 0 Å². The molecule has 0 saturated heterocycles. The Balaban J connectivity index is 3.63. The highest BCUT2D eigenvalue weighted by atomic mass is 17.2. The van der Waals surface area contributed by atoms with E-state index in [4.69, 9.17) is 9.78 Å². The van der Waals surface area contributed by atoms with Gasteiger partial charge < -0.3 is 0 Å². The van der Waals surface area contributed by atoms with Gasteiger partial charge in [-0.05, 0) is 48.3 Å². The van der Waals surface area contributed by atoms with Crippen LogP contribution in [-0.4, -0.2) is 13.2 Å². The quantitative estimate of drug-likeness (QED) is 0.242. The molecule has 2 unspecified atom stereocenters. The Bertz CT molecular complexity index is 232. The fourth-order valence-corrected chi connectivity index (χ4v) is 3.39. The minimum absolute atomic E-state index is 0.401. The van der Waals surface area contributed by atoms with Gasteiger partial charge in [0, 0.05) is 0 Å². The second-order valence-corrected chi connectivity index (χ2v) is 8.87. The molecule has 2 heteroatoms. The third-order valence-electron chi connectivity index (χ3n) is 5.08. The predicted molar refractivity (Wildman–Crippen MR) is 96.8 cm³/mol. The molecule has 0 aromatic carbocycles. The first-order chi connectivity index (χ1) is 10.1. The molecule has 0 saturated carbocycles. The van der Waals surface area contributed by atoms with E-state index in [-0.39, 0.29) is 0 Å². The first kappa shape index (κ1) is 21.9. The second kappa shape index (κ2) is 10.6. The van der Waals surface area contributed by atoms with E-state index in [1.807, 2.05) is 0 Å². The van der Waals surface area contributed by atoms with E-state index < -0.39 is 0 Å². The molecule has 134 valence electrons. The highest BCUT2D eigenvalue weighted by molar-refractivity contribution is 4.73. The standard InChI is InChI=1S/C20H42O2/c1-9-17(19(3,4)5)13-11-15-21-22-16-12-14-18(10-2)20(6,7)8/h17-18H,9-16H2,1-8H3. The van der Waals surface area contributed by atoms with E-state index >= 15 is 0 Å². The molecule has 0 spiro atoms. The van der Waals surface area contributed by atoms with Crippen LogP contribution in [0.1, 0.15) is 93.9 Å². The van der Waals surface area contributed by atoms with Crippen molar-refractivity contribution in [2.75, 3.05) is 13.2 Å². The Morgan fingerprint density at radius 3 is 1.18 bits per heavy atom. The first-order valence-electron chi connectivity index (χ1n) is 9.37. The molecule has 22 heavy (non-hydrogen) atoms. The molecule has 0 aliphatic heterocycles. The smallest absolute Gasteiger partial charge is 0.0822 e. The molecule has 0 aromatic rings. The van der Waals surface area contributed by atoms with Gasteiger partial charge in [-0.2, -0.15) is 0 Å². The van der Waals surface area contributed by atoms with Crippen molar-refractivity contribution in [2.45, 2.75) is 93.9 Å². The van der Waals surface area contributed by atoms with E-state index in [9.17, 15) is 0 Å². The third kappa shape index (κ3) is 9.84. The van der Waals surface area contributed by atoms with Crippen molar-refractivity contribution in [3.05, 3.63) is 0 Å². The maximum absolute atomic E-state index is 5.34. The van der Waals surface area contributed by atoms with E-state index in [0.717, 1.165) is 37.9 Å². The van der Waals surface area contributed by atoms with Crippen LogP contribution in [0.5, 0.6) is 0 Å². The summed E-state index contributed by atoms with van der Waals surface area (Å²) in [5.74, 6) is 1.54. The summed E-state index contributed by atoms with van der Waals surface area (Å²) in [5, 5.41) is 0. The van der Waals surface area contributed by atoms with Crippen LogP contribution in [-0.2, 0) is 9.78 Å². The predicted octanol–water partition coefficient (Wildman–Crippen LogP) is 6.64. The van der Waals surface area contributed by atoms with Gasteiger partial charge in [-0.15, -0.1) is 0 Å². The van der Waals surface area contributed by atoms with Crippen LogP contribution < -0.4 is 0 Å². The molecular formula is C20H42O2. The monoisotopic (exact) mass is 314 g/mol. The van der Waals surface area contributed by atoms with Gasteiger partial charge in [0.25, 0.3) is 0 Å². The van der Waals surface area contributed by atoms with Gasteiger partial charge in [-0.3, -0.25) is 0 Å². The summed E-state index contributed by atoms with van der Waals surface area (Å²) >= 11 is 0. The fourth-order valence-electron chi connectivity index (χ4n) is 3.39. The van der Waals surface area contributed by atoms with Crippen molar-refractivity contribution in [1.82, 2.24) is 0 Å². The van der Waals surface area contributed by atoms with Crippen molar-refractivity contribution in [3.63, 3.8) is 0 Å². The largest absolute Gasteiger partial charge is 0.237 e. The highest BCUT2D eigenvalue weighted by Crippen LogP contribution is 2.33. The molecule has 0 rings (SSSR count). The summed E-state index contributed by atoms with van der Waals surface area (Å²) in [4.78, 5) is 10.7. The third-order valence-corrected chi connectivity index (χ3v) is 5.08. The average Bonchev–Trinajstić information content (AvgIpc) is 2.38. The van der Waals surface area contributed by atoms with Crippen molar-refractivity contribution in [2.24, 2.45) is 22.7 Å². The van der Waals surface area contributed by atoms with E-state index in [0.29, 0.717) is 10.8 Å². The summed E-state index contributed by atoms with van der Waals surface area (Å²) in [7, 11) is 0. The van der Waals surface area contributed by atoms with Crippen LogP contribution in [0.4, 0.5) is 0 Å². The van der Waals surface area contributed by atoms with Gasteiger partial charge in [-0.1, -0.05) is 68.2 Å². The van der Waals surface area contributed by atoms with Crippen LogP contribution in [0.2, 0.25) is 0 Å². The number of rotatable bonds is 11. The summed E-state index contributed by atoms with van der Waals surface area (Å²) in [6.45, 7) is 20.0. The summed E-state index contributed by atoms with van der Waals surface area (Å²) < 4.78 is 0. The van der Waals surface area contributed by atoms with Gasteiger partial charge in [-0.25, -0.2) is 9.78 Å². The number of hydrogen-bond donors (Lipinski definition) is 0. The minimum Gasteiger partial charge on any atom is -0.237 e. The van der Waals surface area contributed by atoms with Crippen molar-refractivity contribution < 1.29 is 9.78 Å². The molecule has 0 fully saturated rings. The lowest BCUT2D eigenvalue weighted by Gasteiger charge is -2.30. The Kier molecular flexibility index (Phi) is 10.6. The van der Waals surface area contributed by atoms with E-state index in [1.165, 1.54) is 25.7 Å². The lowest BCUT2D eigenvalue weighted by atomic mass is 9.77. The van der Waals surface area contributed by atoms with Gasteiger partial charge in [0.1, 0.15) is 0 Å². The molecule has 0 bridgehead atoms. The Hall–Kier alpha value is -0.0800. The normalized spacial score (nSPS) is 15.8. The van der Waals surface area contributed by atoms with E-state index in [1.54, 1.807) is 0 Å². The highest BCUT2D eigenvalue weighted by Gasteiger charge is 2.23. The topological polar surface area (TPSA) is 18.5 Å². The van der Waals surface area contributed by atoms with Crippen molar-refractivity contribution in [1.29, 1.82) is 0 Å². The maximum atomic E-state index is 5.34. The molecule has 0 N–H and O–H groups in total. The maximum Gasteiger partial charge on any atom is 0.0822 e. The second-order valence-electron chi connectivity index (χ2n) is 8.87. The van der Waals surface area contributed by atoms with Gasteiger partial charge in [0.15, 0.2) is 0 Å². The minimum atomic E-state index is 0.401. The lowest BCUT2D eigenvalue weighted by Crippen LogP contribution is -2.20. The summed E-state index contributed by atoms with van der Waals surface area (Å²) in [6, 6.07) is 0. The molecule has 0 amide bonds. The van der Waals surface area contributed by atoms with Crippen LogP contribution in [0, 0.1) is 22.7 Å². The zero-order chi connectivity index (χ0) is 17.2. The van der Waals surface area contributed by atoms with Crippen molar-refractivity contribution in [3.8, 4) is 0 Å². The van der Waals surface area contributed by atoms with Gasteiger partial charge in [0.05, 0.1) is 13.2 Å². The average molecular weight is 315 g/mol. The molecule has 0 aromatic heterocycles. The summed E-state index contributed by atoms with van der Waals surface area (Å²) in [5.41, 5.74) is 0.801. The fraction of sp³-hybridized carbons (Fsp3) is 1.00. The molecule has 0 radical (unpaired) electrons. The SMILES string of the molecule is CCC(CCCOOCCCC(CC)C(C)(C)C)C(C)(C)C. The number of hydrogen-bond acceptors (Lipinski definition) is 2. The first-order valence-corrected chi connectivity index (χ1v) is 9.37. The van der Waals surface area contributed by atoms with Crippen LogP contribution in [0.3, 0.4) is 0 Å². The zero-order valence-corrected chi connectivity index (χ0v) is 16.6. The molecule has 0 heterocycles. The van der Waals surface area contributed by atoms with E-state index in [2.05, 4.69) is 55.4 Å². The van der Waals surface area contributed by atoms with Crippen molar-refractivity contribution >= 4 is 0 Å². The molecule has 0 aliphatic rings. The molecular weight excluding hydrogens is 272 g/mol. The van der Waals surface area contributed by atoms with Gasteiger partial charge in [0.2, 0.25) is 0 Å². The Morgan fingerprint density at radius 1 is 0.636 bits per heavy atom. The Labute approximate surface area is 140 Å². The lowest BCUT2D eigenvalue weighted by molar-refractivity contribution is -0.296. The van der Waals surface area contributed by atoms with Crippen LogP contribution >= 0.6 is 0 Å². The summed E-state index contributed by atoms with van der Waals surface area (Å²) in [6.07, 6.45) is 7.13. The zero-order valence-electron chi connectivity index (χ0n) is 16.6. The van der Waals surface area contributed by atoms with Gasteiger partial charge >= 0.3 is 0 Å². The molecule has 2 atom stereocenters.